The maximum Gasteiger partial charge on any atom is 0.138 e. The predicted molar refractivity (Wildman–Crippen MR) is 96.4 cm³/mol. The molecule has 0 fully saturated rings. The quantitative estimate of drug-likeness (QED) is 0.723. The number of aliphatic hydroxyl groups excluding tert-OH is 1. The van der Waals surface area contributed by atoms with Gasteiger partial charge in [0.25, 0.3) is 0 Å². The Bertz CT molecular complexity index is 881. The molecule has 0 bridgehead atoms. The Morgan fingerprint density at radius 3 is 2.64 bits per heavy atom. The molecule has 5 heteroatoms. The molecular weight excluding hydrogens is 341 g/mol. The number of hydrogen-bond donors (Lipinski definition) is 1. The highest BCUT2D eigenvalue weighted by molar-refractivity contribution is 6.30. The van der Waals surface area contributed by atoms with Crippen LogP contribution in [0.1, 0.15) is 16.8 Å². The highest BCUT2D eigenvalue weighted by Crippen LogP contribution is 2.36. The van der Waals surface area contributed by atoms with Crippen LogP contribution in [0.5, 0.6) is 5.75 Å². The lowest BCUT2D eigenvalue weighted by atomic mass is 9.97. The van der Waals surface area contributed by atoms with Gasteiger partial charge in [0.2, 0.25) is 0 Å². The first-order valence-electron chi connectivity index (χ1n) is 7.78. The van der Waals surface area contributed by atoms with Crippen molar-refractivity contribution in [3.05, 3.63) is 82.4 Å². The Kier molecular flexibility index (Phi) is 5.31. The van der Waals surface area contributed by atoms with Crippen LogP contribution < -0.4 is 4.74 Å². The molecular formula is C20H17ClFNO2. The van der Waals surface area contributed by atoms with E-state index in [1.54, 1.807) is 48.7 Å². The van der Waals surface area contributed by atoms with Crippen molar-refractivity contribution in [2.75, 3.05) is 7.11 Å². The van der Waals surface area contributed by atoms with Gasteiger partial charge < -0.3 is 9.84 Å². The Balaban J connectivity index is 2.02. The molecule has 0 amide bonds. The third-order valence-corrected chi connectivity index (χ3v) is 4.19. The molecule has 2 aromatic carbocycles. The molecule has 1 aromatic heterocycles. The summed E-state index contributed by atoms with van der Waals surface area (Å²) in [6.07, 6.45) is 2.04. The van der Waals surface area contributed by atoms with Crippen molar-refractivity contribution in [2.45, 2.75) is 13.0 Å². The molecule has 0 spiro atoms. The zero-order valence-electron chi connectivity index (χ0n) is 13.7. The van der Waals surface area contributed by atoms with Crippen LogP contribution in [0.3, 0.4) is 0 Å². The van der Waals surface area contributed by atoms with Crippen molar-refractivity contribution in [1.29, 1.82) is 0 Å². The summed E-state index contributed by atoms with van der Waals surface area (Å²) in [5.74, 6) is 0.116. The molecule has 0 unspecified atom stereocenters. The van der Waals surface area contributed by atoms with Gasteiger partial charge in [-0.3, -0.25) is 4.98 Å². The number of aliphatic hydroxyl groups is 1. The van der Waals surface area contributed by atoms with E-state index in [1.165, 1.54) is 7.11 Å². The summed E-state index contributed by atoms with van der Waals surface area (Å²) in [6, 6.07) is 14.1. The van der Waals surface area contributed by atoms with Gasteiger partial charge in [0.15, 0.2) is 0 Å². The van der Waals surface area contributed by atoms with E-state index >= 15 is 4.39 Å². The average molecular weight is 358 g/mol. The van der Waals surface area contributed by atoms with Gasteiger partial charge in [-0.1, -0.05) is 35.9 Å². The second kappa shape index (κ2) is 7.64. The highest BCUT2D eigenvalue weighted by Gasteiger charge is 2.16. The van der Waals surface area contributed by atoms with E-state index in [9.17, 15) is 0 Å². The van der Waals surface area contributed by atoms with E-state index in [0.29, 0.717) is 39.6 Å². The maximum atomic E-state index is 15.2. The SMILES string of the molecule is COc1ccc(Cc2ccc(CO)nc2)c(F)c1-c1cccc(Cl)c1. The fourth-order valence-electron chi connectivity index (χ4n) is 2.69. The van der Waals surface area contributed by atoms with E-state index in [2.05, 4.69) is 4.98 Å². The fraction of sp³-hybridized carbons (Fsp3) is 0.150. The number of methoxy groups -OCH3 is 1. The Morgan fingerprint density at radius 2 is 2.00 bits per heavy atom. The molecule has 1 heterocycles. The molecule has 1 N–H and O–H groups in total. The average Bonchev–Trinajstić information content (AvgIpc) is 2.63. The Hall–Kier alpha value is -2.43. The van der Waals surface area contributed by atoms with E-state index in [-0.39, 0.29) is 12.4 Å². The number of pyridine rings is 1. The number of aromatic nitrogens is 1. The summed E-state index contributed by atoms with van der Waals surface area (Å²) in [6.45, 7) is -0.115. The minimum absolute atomic E-state index is 0.115. The van der Waals surface area contributed by atoms with Gasteiger partial charge in [-0.05, 0) is 41.0 Å². The van der Waals surface area contributed by atoms with Gasteiger partial charge >= 0.3 is 0 Å². The molecule has 0 aliphatic heterocycles. The van der Waals surface area contributed by atoms with Gasteiger partial charge in [0, 0.05) is 17.6 Å². The number of hydrogen-bond acceptors (Lipinski definition) is 3. The van der Waals surface area contributed by atoms with Crippen LogP contribution in [0.25, 0.3) is 11.1 Å². The molecule has 0 aliphatic rings. The smallest absolute Gasteiger partial charge is 0.138 e. The Morgan fingerprint density at radius 1 is 1.16 bits per heavy atom. The van der Waals surface area contributed by atoms with Crippen LogP contribution in [0, 0.1) is 5.82 Å². The molecule has 128 valence electrons. The first kappa shape index (κ1) is 17.4. The van der Waals surface area contributed by atoms with Crippen LogP contribution in [0.4, 0.5) is 4.39 Å². The zero-order chi connectivity index (χ0) is 17.8. The van der Waals surface area contributed by atoms with Crippen LogP contribution in [-0.2, 0) is 13.0 Å². The van der Waals surface area contributed by atoms with Crippen molar-refractivity contribution >= 4 is 11.6 Å². The van der Waals surface area contributed by atoms with Crippen LogP contribution in [0.2, 0.25) is 5.02 Å². The Labute approximate surface area is 150 Å². The van der Waals surface area contributed by atoms with Crippen molar-refractivity contribution in [1.82, 2.24) is 4.98 Å². The molecule has 0 radical (unpaired) electrons. The molecule has 3 aromatic rings. The predicted octanol–water partition coefficient (Wildman–Crippen LogP) is 4.63. The normalized spacial score (nSPS) is 10.7. The van der Waals surface area contributed by atoms with Gasteiger partial charge in [-0.25, -0.2) is 4.39 Å². The minimum Gasteiger partial charge on any atom is -0.496 e. The van der Waals surface area contributed by atoms with Crippen LogP contribution in [0.15, 0.2) is 54.7 Å². The second-order valence-corrected chi connectivity index (χ2v) is 6.06. The van der Waals surface area contributed by atoms with Gasteiger partial charge in [-0.15, -0.1) is 0 Å². The summed E-state index contributed by atoms with van der Waals surface area (Å²) in [5, 5.41) is 9.59. The standard InChI is InChI=1S/C20H17ClFNO2/c1-25-18-8-6-15(9-13-5-7-17(12-24)23-11-13)20(22)19(18)14-3-2-4-16(21)10-14/h2-8,10-11,24H,9,12H2,1H3. The summed E-state index contributed by atoms with van der Waals surface area (Å²) in [4.78, 5) is 4.13. The van der Waals surface area contributed by atoms with Crippen molar-refractivity contribution < 1.29 is 14.2 Å². The highest BCUT2D eigenvalue weighted by atomic mass is 35.5. The summed E-state index contributed by atoms with van der Waals surface area (Å²) in [5.41, 5.74) is 3.03. The van der Waals surface area contributed by atoms with Crippen molar-refractivity contribution in [3.8, 4) is 16.9 Å². The first-order valence-corrected chi connectivity index (χ1v) is 8.16. The molecule has 0 atom stereocenters. The third-order valence-electron chi connectivity index (χ3n) is 3.96. The zero-order valence-corrected chi connectivity index (χ0v) is 14.4. The molecule has 3 nitrogen and oxygen atoms in total. The number of rotatable bonds is 5. The largest absolute Gasteiger partial charge is 0.496 e. The third kappa shape index (κ3) is 3.81. The minimum atomic E-state index is -0.340. The van der Waals surface area contributed by atoms with Crippen molar-refractivity contribution in [2.24, 2.45) is 0 Å². The maximum absolute atomic E-state index is 15.2. The van der Waals surface area contributed by atoms with Crippen LogP contribution in [-0.4, -0.2) is 17.2 Å². The summed E-state index contributed by atoms with van der Waals surface area (Å²) in [7, 11) is 1.51. The number of nitrogens with zero attached hydrogens (tertiary/aromatic N) is 1. The number of halogens is 2. The van der Waals surface area contributed by atoms with Gasteiger partial charge in [-0.2, -0.15) is 0 Å². The second-order valence-electron chi connectivity index (χ2n) is 5.62. The van der Waals surface area contributed by atoms with Gasteiger partial charge in [0.05, 0.1) is 25.0 Å². The number of ether oxygens (including phenoxy) is 1. The lowest BCUT2D eigenvalue weighted by Gasteiger charge is -2.14. The molecule has 3 rings (SSSR count). The van der Waals surface area contributed by atoms with E-state index in [1.807, 2.05) is 6.07 Å². The number of benzene rings is 2. The topological polar surface area (TPSA) is 42.4 Å². The lowest BCUT2D eigenvalue weighted by molar-refractivity contribution is 0.277. The van der Waals surface area contributed by atoms with E-state index in [4.69, 9.17) is 21.4 Å². The fourth-order valence-corrected chi connectivity index (χ4v) is 2.88. The van der Waals surface area contributed by atoms with Crippen molar-refractivity contribution in [3.63, 3.8) is 0 Å². The van der Waals surface area contributed by atoms with Gasteiger partial charge in [0.1, 0.15) is 11.6 Å². The first-order chi connectivity index (χ1) is 12.1. The molecule has 25 heavy (non-hydrogen) atoms. The summed E-state index contributed by atoms with van der Waals surface area (Å²) >= 11 is 6.05. The monoisotopic (exact) mass is 357 g/mol. The van der Waals surface area contributed by atoms with E-state index in [0.717, 1.165) is 5.56 Å². The molecule has 0 saturated carbocycles. The molecule has 0 aliphatic carbocycles. The van der Waals surface area contributed by atoms with E-state index < -0.39 is 0 Å². The molecule has 0 saturated heterocycles. The summed E-state index contributed by atoms with van der Waals surface area (Å²) < 4.78 is 20.5. The van der Waals surface area contributed by atoms with Crippen LogP contribution >= 0.6 is 11.6 Å². The lowest BCUT2D eigenvalue weighted by Crippen LogP contribution is -1.99.